The number of esters is 1. The molecule has 0 saturated carbocycles. The van der Waals surface area contributed by atoms with E-state index in [1.165, 1.54) is 0 Å². The lowest BCUT2D eigenvalue weighted by atomic mass is 9.97. The van der Waals surface area contributed by atoms with E-state index in [1.54, 1.807) is 0 Å². The number of carbonyl (C=O) groups is 1. The van der Waals surface area contributed by atoms with Crippen molar-refractivity contribution < 1.29 is 35.1 Å². The van der Waals surface area contributed by atoms with Gasteiger partial charge in [-0.2, -0.15) is 0 Å². The van der Waals surface area contributed by atoms with Crippen molar-refractivity contribution in [1.29, 1.82) is 0 Å². The SMILES string of the molecule is O=C1O[C@H](CO)[C@@H](O)[C@H](O)C1(O)O. The summed E-state index contributed by atoms with van der Waals surface area (Å²) < 4.78 is 4.23. The van der Waals surface area contributed by atoms with Crippen LogP contribution in [-0.4, -0.2) is 62.2 Å². The fourth-order valence-corrected chi connectivity index (χ4v) is 1.00. The zero-order valence-electron chi connectivity index (χ0n) is 6.49. The lowest BCUT2D eigenvalue weighted by Crippen LogP contribution is -2.64. The maximum absolute atomic E-state index is 10.7. The Bertz CT molecular complexity index is 213. The largest absolute Gasteiger partial charge is 0.453 e. The van der Waals surface area contributed by atoms with Crippen molar-refractivity contribution in [2.24, 2.45) is 0 Å². The van der Waals surface area contributed by atoms with E-state index in [1.807, 2.05) is 0 Å². The normalized spacial score (nSPS) is 38.5. The van der Waals surface area contributed by atoms with E-state index >= 15 is 0 Å². The minimum Gasteiger partial charge on any atom is -0.453 e. The number of carbonyl (C=O) groups excluding carboxylic acids is 1. The van der Waals surface area contributed by atoms with Gasteiger partial charge in [0.1, 0.15) is 12.2 Å². The van der Waals surface area contributed by atoms with Crippen LogP contribution in [0.1, 0.15) is 0 Å². The smallest absolute Gasteiger partial charge is 0.369 e. The van der Waals surface area contributed by atoms with Gasteiger partial charge in [0.05, 0.1) is 6.61 Å². The van der Waals surface area contributed by atoms with Crippen LogP contribution in [-0.2, 0) is 9.53 Å². The maximum Gasteiger partial charge on any atom is 0.369 e. The summed E-state index contributed by atoms with van der Waals surface area (Å²) in [6.45, 7) is -0.708. The fourth-order valence-electron chi connectivity index (χ4n) is 1.00. The molecule has 7 nitrogen and oxygen atoms in total. The summed E-state index contributed by atoms with van der Waals surface area (Å²) in [5, 5.41) is 44.4. The van der Waals surface area contributed by atoms with Crippen LogP contribution in [0.15, 0.2) is 0 Å². The summed E-state index contributed by atoms with van der Waals surface area (Å²) in [6, 6.07) is 0. The highest BCUT2D eigenvalue weighted by molar-refractivity contribution is 5.79. The van der Waals surface area contributed by atoms with Crippen molar-refractivity contribution in [3.63, 3.8) is 0 Å². The van der Waals surface area contributed by atoms with Crippen LogP contribution >= 0.6 is 0 Å². The third-order valence-electron chi connectivity index (χ3n) is 1.86. The Hall–Kier alpha value is -0.730. The van der Waals surface area contributed by atoms with Crippen LogP contribution in [0.4, 0.5) is 0 Å². The molecule has 13 heavy (non-hydrogen) atoms. The molecule has 0 aromatic carbocycles. The molecule has 1 rings (SSSR count). The van der Waals surface area contributed by atoms with Crippen LogP contribution in [0.25, 0.3) is 0 Å². The number of hydrogen-bond acceptors (Lipinski definition) is 7. The molecule has 0 bridgehead atoms. The Morgan fingerprint density at radius 2 is 1.92 bits per heavy atom. The molecule has 0 aromatic heterocycles. The third-order valence-corrected chi connectivity index (χ3v) is 1.86. The lowest BCUT2D eigenvalue weighted by Gasteiger charge is -2.37. The first-order valence-electron chi connectivity index (χ1n) is 3.54. The second-order valence-corrected chi connectivity index (χ2v) is 2.79. The predicted octanol–water partition coefficient (Wildman–Crippen LogP) is -3.69. The van der Waals surface area contributed by atoms with E-state index in [0.29, 0.717) is 0 Å². The minimum absolute atomic E-state index is 0.708. The van der Waals surface area contributed by atoms with E-state index in [9.17, 15) is 4.79 Å². The minimum atomic E-state index is -3.12. The summed E-state index contributed by atoms with van der Waals surface area (Å²) in [4.78, 5) is 10.7. The zero-order chi connectivity index (χ0) is 10.2. The van der Waals surface area contributed by atoms with Gasteiger partial charge in [-0.05, 0) is 0 Å². The molecule has 0 aromatic rings. The van der Waals surface area contributed by atoms with Crippen molar-refractivity contribution in [2.75, 3.05) is 6.61 Å². The molecule has 5 N–H and O–H groups in total. The van der Waals surface area contributed by atoms with Gasteiger partial charge in [0, 0.05) is 0 Å². The van der Waals surface area contributed by atoms with Crippen molar-refractivity contribution >= 4 is 5.97 Å². The number of ether oxygens (including phenoxy) is 1. The average Bonchev–Trinajstić information content (AvgIpc) is 2.09. The Balaban J connectivity index is 2.85. The van der Waals surface area contributed by atoms with E-state index in [4.69, 9.17) is 25.5 Å². The summed E-state index contributed by atoms with van der Waals surface area (Å²) in [7, 11) is 0. The van der Waals surface area contributed by atoms with Gasteiger partial charge in [0.25, 0.3) is 5.79 Å². The zero-order valence-corrected chi connectivity index (χ0v) is 6.49. The van der Waals surface area contributed by atoms with Gasteiger partial charge in [0.15, 0.2) is 6.10 Å². The first-order chi connectivity index (χ1) is 5.91. The van der Waals surface area contributed by atoms with Crippen molar-refractivity contribution in [3.05, 3.63) is 0 Å². The molecule has 7 heteroatoms. The van der Waals surface area contributed by atoms with Crippen LogP contribution in [0.5, 0.6) is 0 Å². The number of aliphatic hydroxyl groups excluding tert-OH is 3. The molecular formula is C6H10O7. The fraction of sp³-hybridized carbons (Fsp3) is 0.833. The molecule has 0 amide bonds. The highest BCUT2D eigenvalue weighted by Gasteiger charge is 2.54. The first-order valence-corrected chi connectivity index (χ1v) is 3.54. The lowest BCUT2D eigenvalue weighted by molar-refractivity contribution is -0.291. The molecule has 76 valence electrons. The van der Waals surface area contributed by atoms with E-state index in [-0.39, 0.29) is 0 Å². The molecule has 1 fully saturated rings. The average molecular weight is 194 g/mol. The van der Waals surface area contributed by atoms with Crippen LogP contribution < -0.4 is 0 Å². The summed E-state index contributed by atoms with van der Waals surface area (Å²) >= 11 is 0. The van der Waals surface area contributed by atoms with E-state index in [0.717, 1.165) is 0 Å². The Morgan fingerprint density at radius 1 is 1.38 bits per heavy atom. The molecule has 1 heterocycles. The number of rotatable bonds is 1. The second kappa shape index (κ2) is 3.20. The topological polar surface area (TPSA) is 127 Å². The first kappa shape index (κ1) is 10.4. The molecule has 0 aliphatic carbocycles. The molecule has 0 radical (unpaired) electrons. The molecule has 1 aliphatic rings. The molecule has 3 atom stereocenters. The molecule has 1 saturated heterocycles. The van der Waals surface area contributed by atoms with Gasteiger partial charge in [-0.3, -0.25) is 0 Å². The van der Waals surface area contributed by atoms with Crippen LogP contribution in [0, 0.1) is 0 Å². The van der Waals surface area contributed by atoms with Gasteiger partial charge < -0.3 is 30.3 Å². The number of hydrogen-bond donors (Lipinski definition) is 5. The molecule has 0 spiro atoms. The van der Waals surface area contributed by atoms with E-state index in [2.05, 4.69) is 4.74 Å². The standard InChI is InChI=1S/C6H10O7/c7-1-2-3(8)4(9)6(11,12)5(10)13-2/h2-4,7-9,11-12H,1H2/t2-,3-,4+/m1/s1. The second-order valence-electron chi connectivity index (χ2n) is 2.79. The van der Waals surface area contributed by atoms with Crippen LogP contribution in [0.2, 0.25) is 0 Å². The highest BCUT2D eigenvalue weighted by Crippen LogP contribution is 2.22. The van der Waals surface area contributed by atoms with Gasteiger partial charge in [-0.1, -0.05) is 0 Å². The van der Waals surface area contributed by atoms with Gasteiger partial charge in [0.2, 0.25) is 0 Å². The number of aliphatic hydroxyl groups is 5. The highest BCUT2D eigenvalue weighted by atomic mass is 16.6. The predicted molar refractivity (Wildman–Crippen MR) is 36.1 cm³/mol. The quantitative estimate of drug-likeness (QED) is 0.215. The molecule has 1 aliphatic heterocycles. The van der Waals surface area contributed by atoms with Gasteiger partial charge in [-0.15, -0.1) is 0 Å². The van der Waals surface area contributed by atoms with Gasteiger partial charge in [-0.25, -0.2) is 4.79 Å². The molecular weight excluding hydrogens is 184 g/mol. The molecule has 0 unspecified atom stereocenters. The third kappa shape index (κ3) is 1.52. The van der Waals surface area contributed by atoms with Crippen molar-refractivity contribution in [2.45, 2.75) is 24.1 Å². The Morgan fingerprint density at radius 3 is 2.38 bits per heavy atom. The Labute approximate surface area is 72.8 Å². The van der Waals surface area contributed by atoms with Crippen LogP contribution in [0.3, 0.4) is 0 Å². The van der Waals surface area contributed by atoms with E-state index < -0.39 is 36.7 Å². The maximum atomic E-state index is 10.7. The monoisotopic (exact) mass is 194 g/mol. The Kier molecular flexibility index (Phi) is 2.55. The van der Waals surface area contributed by atoms with Gasteiger partial charge >= 0.3 is 5.97 Å². The number of cyclic esters (lactones) is 1. The summed E-state index contributed by atoms with van der Waals surface area (Å²) in [5.74, 6) is -4.62. The van der Waals surface area contributed by atoms with Crippen molar-refractivity contribution in [3.8, 4) is 0 Å². The summed E-state index contributed by atoms with van der Waals surface area (Å²) in [5.41, 5.74) is 0. The van der Waals surface area contributed by atoms with Crippen molar-refractivity contribution in [1.82, 2.24) is 0 Å². The summed E-state index contributed by atoms with van der Waals surface area (Å²) in [6.07, 6.45) is -5.15.